The van der Waals surface area contributed by atoms with E-state index in [4.69, 9.17) is 4.55 Å². The Balaban J connectivity index is 0.00000225. The van der Waals surface area contributed by atoms with Gasteiger partial charge < -0.3 is 0 Å². The lowest BCUT2D eigenvalue weighted by Crippen LogP contribution is -2.13. The van der Waals surface area contributed by atoms with Gasteiger partial charge in [-0.2, -0.15) is 8.42 Å². The van der Waals surface area contributed by atoms with Gasteiger partial charge in [0.15, 0.2) is 0 Å². The molecule has 1 rings (SSSR count). The zero-order valence-electron chi connectivity index (χ0n) is 7.49. The van der Waals surface area contributed by atoms with Crippen LogP contribution < -0.4 is 5.14 Å². The van der Waals surface area contributed by atoms with Gasteiger partial charge in [0.25, 0.3) is 10.1 Å². The van der Waals surface area contributed by atoms with Crippen molar-refractivity contribution in [3.05, 3.63) is 24.0 Å². The molecule has 0 amide bonds. The second-order valence-corrected chi connectivity index (χ2v) is 5.56. The number of hydrogen-bond donors (Lipinski definition) is 2. The Morgan fingerprint density at radius 2 is 1.69 bits per heavy atom. The van der Waals surface area contributed by atoms with Gasteiger partial charge in [-0.3, -0.25) is 4.55 Å². The van der Waals surface area contributed by atoms with E-state index >= 15 is 0 Å². The molecule has 6 nitrogen and oxygen atoms in total. The van der Waals surface area contributed by atoms with E-state index < -0.39 is 35.7 Å². The van der Waals surface area contributed by atoms with Crippen LogP contribution in [0.5, 0.6) is 0 Å². The highest BCUT2D eigenvalue weighted by Crippen LogP contribution is 2.17. The molecule has 0 heterocycles. The van der Waals surface area contributed by atoms with E-state index in [1.165, 1.54) is 0 Å². The fourth-order valence-corrected chi connectivity index (χ4v) is 1.94. The lowest BCUT2D eigenvalue weighted by Gasteiger charge is -2.01. The molecular weight excluding hydrogens is 285 g/mol. The molecule has 0 fully saturated rings. The maximum atomic E-state index is 13.0. The van der Waals surface area contributed by atoms with Crippen LogP contribution in [0.25, 0.3) is 0 Å². The maximum Gasteiger partial charge on any atom is 0.297 e. The second-order valence-electron chi connectivity index (χ2n) is 2.61. The summed E-state index contributed by atoms with van der Waals surface area (Å²) in [6.07, 6.45) is 0. The average Bonchev–Trinajstić information content (AvgIpc) is 1.99. The van der Waals surface area contributed by atoms with Crippen molar-refractivity contribution in [3.63, 3.8) is 0 Å². The summed E-state index contributed by atoms with van der Waals surface area (Å²) in [7, 11) is -8.81. The Morgan fingerprint density at radius 1 is 1.19 bits per heavy atom. The van der Waals surface area contributed by atoms with Crippen molar-refractivity contribution in [2.75, 3.05) is 0 Å². The highest BCUT2D eigenvalue weighted by molar-refractivity contribution is 7.89. The molecule has 0 aliphatic heterocycles. The minimum atomic E-state index is -4.71. The van der Waals surface area contributed by atoms with Gasteiger partial charge in [0, 0.05) is 0 Å². The van der Waals surface area contributed by atoms with Gasteiger partial charge in [-0.05, 0) is 18.2 Å². The van der Waals surface area contributed by atoms with Crippen molar-refractivity contribution in [1.82, 2.24) is 0 Å². The molecule has 0 atom stereocenters. The number of hydrogen-bond acceptors (Lipinski definition) is 4. The SMILES string of the molecule is Cl.NS(=O)(=O)c1ccc(S(=O)(=O)O)c(F)c1. The van der Waals surface area contributed by atoms with E-state index in [-0.39, 0.29) is 12.4 Å². The molecule has 10 heteroatoms. The third-order valence-corrected chi connectivity index (χ3v) is 3.31. The molecular formula is C6H7ClFNO5S2. The number of primary sulfonamides is 1. The molecule has 0 aliphatic carbocycles. The minimum Gasteiger partial charge on any atom is -0.282 e. The van der Waals surface area contributed by atoms with Crippen molar-refractivity contribution >= 4 is 32.5 Å². The van der Waals surface area contributed by atoms with Gasteiger partial charge in [0.05, 0.1) is 4.90 Å². The van der Waals surface area contributed by atoms with Gasteiger partial charge in [-0.25, -0.2) is 17.9 Å². The first-order valence-corrected chi connectivity index (χ1v) is 6.41. The molecule has 0 bridgehead atoms. The monoisotopic (exact) mass is 291 g/mol. The van der Waals surface area contributed by atoms with Crippen LogP contribution in [0.2, 0.25) is 0 Å². The van der Waals surface area contributed by atoms with Crippen LogP contribution in [0.4, 0.5) is 4.39 Å². The number of rotatable bonds is 2. The fraction of sp³-hybridized carbons (Fsp3) is 0. The van der Waals surface area contributed by atoms with Gasteiger partial charge >= 0.3 is 0 Å². The maximum absolute atomic E-state index is 13.0. The molecule has 92 valence electrons. The Morgan fingerprint density at radius 3 is 2.00 bits per heavy atom. The smallest absolute Gasteiger partial charge is 0.282 e. The quantitative estimate of drug-likeness (QED) is 0.752. The molecule has 3 N–H and O–H groups in total. The topological polar surface area (TPSA) is 115 Å². The molecule has 0 saturated carbocycles. The summed E-state index contributed by atoms with van der Waals surface area (Å²) < 4.78 is 64.1. The third-order valence-electron chi connectivity index (χ3n) is 1.51. The number of benzene rings is 1. The summed E-state index contributed by atoms with van der Waals surface area (Å²) in [6, 6.07) is 1.81. The highest BCUT2D eigenvalue weighted by Gasteiger charge is 2.18. The lowest BCUT2D eigenvalue weighted by atomic mass is 10.3. The van der Waals surface area contributed by atoms with E-state index in [0.717, 1.165) is 6.07 Å². The second kappa shape index (κ2) is 4.63. The van der Waals surface area contributed by atoms with Crippen LogP contribution in [-0.4, -0.2) is 21.4 Å². The lowest BCUT2D eigenvalue weighted by molar-refractivity contribution is 0.472. The van der Waals surface area contributed by atoms with Crippen molar-refractivity contribution in [1.29, 1.82) is 0 Å². The Labute approximate surface area is 97.5 Å². The minimum absolute atomic E-state index is 0. The first-order chi connectivity index (χ1) is 6.62. The predicted molar refractivity (Wildman–Crippen MR) is 54.8 cm³/mol. The highest BCUT2D eigenvalue weighted by atomic mass is 35.5. The predicted octanol–water partition coefficient (Wildman–Crippen LogP) is 0.142. The zero-order chi connectivity index (χ0) is 11.9. The van der Waals surface area contributed by atoms with Crippen LogP contribution in [0.1, 0.15) is 0 Å². The van der Waals surface area contributed by atoms with Crippen molar-refractivity contribution in [3.8, 4) is 0 Å². The van der Waals surface area contributed by atoms with Crippen LogP contribution in [0.3, 0.4) is 0 Å². The normalized spacial score (nSPS) is 11.9. The van der Waals surface area contributed by atoms with Crippen molar-refractivity contribution < 1.29 is 25.8 Å². The molecule has 0 unspecified atom stereocenters. The summed E-state index contributed by atoms with van der Waals surface area (Å²) in [5.74, 6) is -1.39. The first-order valence-electron chi connectivity index (χ1n) is 3.42. The summed E-state index contributed by atoms with van der Waals surface area (Å²) in [4.78, 5) is -1.58. The fourth-order valence-electron chi connectivity index (χ4n) is 0.868. The standard InChI is InChI=1S/C6H6FNO5S2.ClH/c7-5-3-4(14(8,9)10)1-2-6(5)15(11,12)13;/h1-3H,(H2,8,9,10)(H,11,12,13);1H. The molecule has 0 radical (unpaired) electrons. The van der Waals surface area contributed by atoms with Crippen LogP contribution in [0.15, 0.2) is 28.0 Å². The van der Waals surface area contributed by atoms with E-state index in [0.29, 0.717) is 12.1 Å². The summed E-state index contributed by atoms with van der Waals surface area (Å²) in [5, 5.41) is 4.68. The molecule has 1 aromatic rings. The largest absolute Gasteiger partial charge is 0.297 e. The summed E-state index contributed by atoms with van der Waals surface area (Å²) >= 11 is 0. The van der Waals surface area contributed by atoms with Crippen molar-refractivity contribution in [2.24, 2.45) is 5.14 Å². The third kappa shape index (κ3) is 3.39. The first kappa shape index (κ1) is 15.3. The molecule has 1 aromatic carbocycles. The number of halogens is 2. The van der Waals surface area contributed by atoms with Crippen LogP contribution in [0, 0.1) is 5.82 Å². The summed E-state index contributed by atoms with van der Waals surface area (Å²) in [6.45, 7) is 0. The Bertz CT molecular complexity index is 597. The molecule has 16 heavy (non-hydrogen) atoms. The van der Waals surface area contributed by atoms with Gasteiger partial charge in [-0.1, -0.05) is 0 Å². The Hall–Kier alpha value is -0.740. The van der Waals surface area contributed by atoms with Crippen LogP contribution >= 0.6 is 12.4 Å². The Kier molecular flexibility index (Phi) is 4.42. The molecule has 0 aliphatic rings. The van der Waals surface area contributed by atoms with Gasteiger partial charge in [0.1, 0.15) is 10.7 Å². The summed E-state index contributed by atoms with van der Waals surface area (Å²) in [5.41, 5.74) is 0. The molecule has 0 aromatic heterocycles. The van der Waals surface area contributed by atoms with Crippen molar-refractivity contribution in [2.45, 2.75) is 9.79 Å². The van der Waals surface area contributed by atoms with E-state index in [1.54, 1.807) is 0 Å². The van der Waals surface area contributed by atoms with Gasteiger partial charge in [0.2, 0.25) is 10.0 Å². The average molecular weight is 292 g/mol. The zero-order valence-corrected chi connectivity index (χ0v) is 9.94. The molecule has 0 saturated heterocycles. The van der Waals surface area contributed by atoms with E-state index in [2.05, 4.69) is 5.14 Å². The molecule has 0 spiro atoms. The van der Waals surface area contributed by atoms with E-state index in [1.807, 2.05) is 0 Å². The number of sulfonamides is 1. The van der Waals surface area contributed by atoms with Gasteiger partial charge in [-0.15, -0.1) is 12.4 Å². The van der Waals surface area contributed by atoms with Crippen LogP contribution in [-0.2, 0) is 20.1 Å². The van der Waals surface area contributed by atoms with E-state index in [9.17, 15) is 21.2 Å². The number of nitrogens with two attached hydrogens (primary N) is 1.